The number of hydrogen-bond acceptors (Lipinski definition) is 4. The first kappa shape index (κ1) is 15.2. The van der Waals surface area contributed by atoms with Crippen LogP contribution in [0.2, 0.25) is 5.02 Å². The Morgan fingerprint density at radius 3 is 2.71 bits per heavy atom. The number of nitrogens with zero attached hydrogens (tertiary/aromatic N) is 1. The Bertz CT molecular complexity index is 691. The van der Waals surface area contributed by atoms with E-state index in [4.69, 9.17) is 16.3 Å². The predicted octanol–water partition coefficient (Wildman–Crippen LogP) is 4.23. The summed E-state index contributed by atoms with van der Waals surface area (Å²) in [6, 6.07) is 7.75. The van der Waals surface area contributed by atoms with Crippen molar-refractivity contribution in [3.05, 3.63) is 62.9 Å². The Balaban J connectivity index is 2.53. The maximum Gasteiger partial charge on any atom is 0.311 e. The number of benzene rings is 2. The number of hydrogen-bond donors (Lipinski definition) is 1. The van der Waals surface area contributed by atoms with Crippen LogP contribution in [0.25, 0.3) is 0 Å². The van der Waals surface area contributed by atoms with Crippen LogP contribution in [0, 0.1) is 15.9 Å². The molecule has 1 atom stereocenters. The van der Waals surface area contributed by atoms with Gasteiger partial charge in [0.2, 0.25) is 5.75 Å². The molecule has 0 aliphatic carbocycles. The van der Waals surface area contributed by atoms with Crippen molar-refractivity contribution >= 4 is 17.3 Å². The molecule has 2 aromatic rings. The van der Waals surface area contributed by atoms with E-state index in [9.17, 15) is 19.6 Å². The van der Waals surface area contributed by atoms with Crippen LogP contribution in [-0.2, 0) is 0 Å². The van der Waals surface area contributed by atoms with Gasteiger partial charge in [0.05, 0.1) is 11.0 Å². The molecule has 0 bridgehead atoms. The zero-order valence-corrected chi connectivity index (χ0v) is 11.7. The molecular formula is C14H11ClFNO4. The number of aliphatic hydroxyl groups is 1. The molecule has 1 N–H and O–H groups in total. The average Bonchev–Trinajstić information content (AvgIpc) is 2.40. The Kier molecular flexibility index (Phi) is 4.40. The summed E-state index contributed by atoms with van der Waals surface area (Å²) in [6.45, 7) is 1.44. The highest BCUT2D eigenvalue weighted by molar-refractivity contribution is 6.30. The molecule has 0 aliphatic rings. The Morgan fingerprint density at radius 1 is 1.38 bits per heavy atom. The highest BCUT2D eigenvalue weighted by atomic mass is 35.5. The standard InChI is InChI=1S/C14H11ClFNO4/c1-8(18)10-3-2-4-11(16)14(10)21-13-7-9(15)5-6-12(13)17(19)20/h2-8,18H,1H3. The van der Waals surface area contributed by atoms with E-state index in [1.165, 1.54) is 37.3 Å². The maximum absolute atomic E-state index is 13.9. The second kappa shape index (κ2) is 6.07. The van der Waals surface area contributed by atoms with Crippen LogP contribution in [0.1, 0.15) is 18.6 Å². The third kappa shape index (κ3) is 3.29. The summed E-state index contributed by atoms with van der Waals surface area (Å²) in [5.41, 5.74) is -0.163. The molecule has 110 valence electrons. The van der Waals surface area contributed by atoms with Gasteiger partial charge in [-0.1, -0.05) is 23.7 Å². The highest BCUT2D eigenvalue weighted by Crippen LogP contribution is 2.37. The normalized spacial score (nSPS) is 12.0. The van der Waals surface area contributed by atoms with Crippen LogP contribution in [0.4, 0.5) is 10.1 Å². The maximum atomic E-state index is 13.9. The van der Waals surface area contributed by atoms with Gasteiger partial charge in [0.15, 0.2) is 11.6 Å². The smallest absolute Gasteiger partial charge is 0.311 e. The van der Waals surface area contributed by atoms with Gasteiger partial charge in [-0.15, -0.1) is 0 Å². The van der Waals surface area contributed by atoms with Crippen LogP contribution in [0.5, 0.6) is 11.5 Å². The summed E-state index contributed by atoms with van der Waals surface area (Å²) in [5, 5.41) is 20.8. The number of ether oxygens (including phenoxy) is 1. The third-order valence-corrected chi connectivity index (χ3v) is 3.01. The number of halogens is 2. The molecule has 0 amide bonds. The lowest BCUT2D eigenvalue weighted by Gasteiger charge is -2.14. The van der Waals surface area contributed by atoms with Crippen LogP contribution in [-0.4, -0.2) is 10.0 Å². The summed E-state index contributed by atoms with van der Waals surface area (Å²) in [6.07, 6.45) is -0.992. The third-order valence-electron chi connectivity index (χ3n) is 2.78. The van der Waals surface area contributed by atoms with Gasteiger partial charge in [0.25, 0.3) is 0 Å². The highest BCUT2D eigenvalue weighted by Gasteiger charge is 2.21. The molecule has 5 nitrogen and oxygen atoms in total. The van der Waals surface area contributed by atoms with Crippen molar-refractivity contribution in [2.24, 2.45) is 0 Å². The minimum Gasteiger partial charge on any atom is -0.447 e. The van der Waals surface area contributed by atoms with E-state index < -0.39 is 16.8 Å². The molecular weight excluding hydrogens is 301 g/mol. The van der Waals surface area contributed by atoms with E-state index in [1.54, 1.807) is 0 Å². The van der Waals surface area contributed by atoms with Crippen molar-refractivity contribution < 1.29 is 19.2 Å². The molecule has 0 saturated carbocycles. The number of nitro groups is 1. The molecule has 21 heavy (non-hydrogen) atoms. The van der Waals surface area contributed by atoms with E-state index in [-0.39, 0.29) is 27.8 Å². The second-order valence-corrected chi connectivity index (χ2v) is 4.74. The molecule has 2 rings (SSSR count). The first-order chi connectivity index (χ1) is 9.90. The summed E-state index contributed by atoms with van der Waals surface area (Å²) < 4.78 is 19.2. The van der Waals surface area contributed by atoms with Crippen molar-refractivity contribution in [1.82, 2.24) is 0 Å². The molecule has 0 spiro atoms. The van der Waals surface area contributed by atoms with E-state index in [0.29, 0.717) is 0 Å². The largest absolute Gasteiger partial charge is 0.447 e. The SMILES string of the molecule is CC(O)c1cccc(F)c1Oc1cc(Cl)ccc1[N+](=O)[O-]. The minimum absolute atomic E-state index is 0.185. The lowest BCUT2D eigenvalue weighted by molar-refractivity contribution is -0.385. The Morgan fingerprint density at radius 2 is 2.10 bits per heavy atom. The fourth-order valence-electron chi connectivity index (χ4n) is 1.79. The molecule has 0 radical (unpaired) electrons. The van der Waals surface area contributed by atoms with Gasteiger partial charge >= 0.3 is 5.69 Å². The van der Waals surface area contributed by atoms with Gasteiger partial charge in [-0.3, -0.25) is 10.1 Å². The van der Waals surface area contributed by atoms with Crippen LogP contribution in [0.15, 0.2) is 36.4 Å². The monoisotopic (exact) mass is 311 g/mol. The van der Waals surface area contributed by atoms with Gasteiger partial charge in [-0.05, 0) is 19.1 Å². The molecule has 7 heteroatoms. The van der Waals surface area contributed by atoms with Crippen molar-refractivity contribution in [1.29, 1.82) is 0 Å². The van der Waals surface area contributed by atoms with Crippen molar-refractivity contribution in [2.75, 3.05) is 0 Å². The molecule has 0 heterocycles. The lowest BCUT2D eigenvalue weighted by atomic mass is 10.1. The van der Waals surface area contributed by atoms with Crippen molar-refractivity contribution in [2.45, 2.75) is 13.0 Å². The average molecular weight is 312 g/mol. The van der Waals surface area contributed by atoms with Gasteiger partial charge < -0.3 is 9.84 Å². The summed E-state index contributed by atoms with van der Waals surface area (Å²) in [4.78, 5) is 10.3. The van der Waals surface area contributed by atoms with E-state index >= 15 is 0 Å². The number of aliphatic hydroxyl groups excluding tert-OH is 1. The number of rotatable bonds is 4. The van der Waals surface area contributed by atoms with Crippen LogP contribution >= 0.6 is 11.6 Å². The summed E-state index contributed by atoms with van der Waals surface area (Å²) in [5.74, 6) is -1.19. The van der Waals surface area contributed by atoms with Crippen molar-refractivity contribution in [3.8, 4) is 11.5 Å². The fourth-order valence-corrected chi connectivity index (χ4v) is 1.95. The van der Waals surface area contributed by atoms with E-state index in [1.807, 2.05) is 0 Å². The first-order valence-electron chi connectivity index (χ1n) is 5.98. The molecule has 0 saturated heterocycles. The molecule has 1 unspecified atom stereocenters. The predicted molar refractivity (Wildman–Crippen MR) is 75.2 cm³/mol. The lowest BCUT2D eigenvalue weighted by Crippen LogP contribution is -2.00. The van der Waals surface area contributed by atoms with Gasteiger partial charge in [-0.25, -0.2) is 4.39 Å². The second-order valence-electron chi connectivity index (χ2n) is 4.31. The fraction of sp³-hybridized carbons (Fsp3) is 0.143. The zero-order chi connectivity index (χ0) is 15.6. The zero-order valence-electron chi connectivity index (χ0n) is 10.9. The van der Waals surface area contributed by atoms with Gasteiger partial charge in [0.1, 0.15) is 0 Å². The van der Waals surface area contributed by atoms with E-state index in [0.717, 1.165) is 6.07 Å². The Labute approximate surface area is 124 Å². The number of nitro benzene ring substituents is 1. The topological polar surface area (TPSA) is 72.6 Å². The quantitative estimate of drug-likeness (QED) is 0.677. The van der Waals surface area contributed by atoms with Gasteiger partial charge in [-0.2, -0.15) is 0 Å². The molecule has 0 fully saturated rings. The molecule has 2 aromatic carbocycles. The van der Waals surface area contributed by atoms with Crippen LogP contribution in [0.3, 0.4) is 0 Å². The molecule has 0 aliphatic heterocycles. The summed E-state index contributed by atoms with van der Waals surface area (Å²) in [7, 11) is 0. The Hall–Kier alpha value is -2.18. The van der Waals surface area contributed by atoms with Crippen LogP contribution < -0.4 is 4.74 Å². The first-order valence-corrected chi connectivity index (χ1v) is 6.36. The van der Waals surface area contributed by atoms with Gasteiger partial charge in [0, 0.05) is 22.7 Å². The van der Waals surface area contributed by atoms with Crippen molar-refractivity contribution in [3.63, 3.8) is 0 Å². The summed E-state index contributed by atoms with van der Waals surface area (Å²) >= 11 is 5.78. The number of para-hydroxylation sites is 1. The minimum atomic E-state index is -0.992. The molecule has 0 aromatic heterocycles. The van der Waals surface area contributed by atoms with E-state index in [2.05, 4.69) is 0 Å².